The lowest BCUT2D eigenvalue weighted by Crippen LogP contribution is -2.39. The molecule has 0 saturated carbocycles. The summed E-state index contributed by atoms with van der Waals surface area (Å²) in [7, 11) is 3.15. The number of nitrogens with zero attached hydrogens (tertiary/aromatic N) is 2. The Labute approximate surface area is 155 Å². The molecule has 1 amide bonds. The van der Waals surface area contributed by atoms with E-state index in [4.69, 9.17) is 9.47 Å². The molecule has 2 aromatic rings. The lowest BCUT2D eigenvalue weighted by Gasteiger charge is -2.28. The minimum atomic E-state index is -0.371. The number of carbonyl (C=O) groups excluding carboxylic acids is 1. The molecule has 3 rings (SSSR count). The minimum absolute atomic E-state index is 0.196. The van der Waals surface area contributed by atoms with Gasteiger partial charge in [0.05, 0.1) is 14.2 Å². The van der Waals surface area contributed by atoms with Crippen LogP contribution in [0.5, 0.6) is 11.5 Å². The van der Waals surface area contributed by atoms with Crippen molar-refractivity contribution in [2.75, 3.05) is 26.5 Å². The van der Waals surface area contributed by atoms with Crippen molar-refractivity contribution in [1.82, 2.24) is 4.90 Å². The van der Waals surface area contributed by atoms with Crippen molar-refractivity contribution in [3.05, 3.63) is 53.8 Å². The lowest BCUT2D eigenvalue weighted by atomic mass is 10.2. The number of benzene rings is 2. The number of carbonyl (C=O) groups is 1. The Morgan fingerprint density at radius 2 is 1.92 bits per heavy atom. The van der Waals surface area contributed by atoms with Gasteiger partial charge in [0.25, 0.3) is 5.91 Å². The third kappa shape index (κ3) is 3.99. The lowest BCUT2D eigenvalue weighted by molar-refractivity contribution is 0.0849. The van der Waals surface area contributed by atoms with Gasteiger partial charge in [-0.15, -0.1) is 0 Å². The molecule has 7 heteroatoms. The molecule has 0 spiro atoms. The third-order valence-corrected chi connectivity index (χ3v) is 4.99. The van der Waals surface area contributed by atoms with Crippen molar-refractivity contribution >= 4 is 28.5 Å². The largest absolute Gasteiger partial charge is 0.497 e. The van der Waals surface area contributed by atoms with E-state index in [0.717, 1.165) is 12.2 Å². The molecular weight excluding hydrogens is 355 g/mol. The van der Waals surface area contributed by atoms with Crippen LogP contribution in [0.2, 0.25) is 0 Å². The second-order valence-corrected chi connectivity index (χ2v) is 6.66. The topological polar surface area (TPSA) is 51.1 Å². The summed E-state index contributed by atoms with van der Waals surface area (Å²) in [6.45, 7) is 0.564. The molecule has 0 radical (unpaired) electrons. The van der Waals surface area contributed by atoms with Crippen molar-refractivity contribution in [2.45, 2.75) is 6.42 Å². The Hall–Kier alpha value is -2.54. The van der Waals surface area contributed by atoms with Gasteiger partial charge >= 0.3 is 0 Å². The van der Waals surface area contributed by atoms with Gasteiger partial charge in [0.15, 0.2) is 5.17 Å². The van der Waals surface area contributed by atoms with Crippen LogP contribution in [0.15, 0.2) is 47.5 Å². The first-order valence-electron chi connectivity index (χ1n) is 8.13. The van der Waals surface area contributed by atoms with Crippen molar-refractivity contribution in [3.63, 3.8) is 0 Å². The molecule has 0 bridgehead atoms. The third-order valence-electron chi connectivity index (χ3n) is 3.93. The van der Waals surface area contributed by atoms with E-state index in [-0.39, 0.29) is 11.7 Å². The summed E-state index contributed by atoms with van der Waals surface area (Å²) in [5.41, 5.74) is 1.02. The molecule has 2 aromatic carbocycles. The van der Waals surface area contributed by atoms with Crippen LogP contribution in [0.25, 0.3) is 0 Å². The molecule has 0 N–H and O–H groups in total. The predicted octanol–water partition coefficient (Wildman–Crippen LogP) is 4.11. The number of ether oxygens (including phenoxy) is 2. The molecule has 26 heavy (non-hydrogen) atoms. The van der Waals surface area contributed by atoms with E-state index in [2.05, 4.69) is 4.99 Å². The molecule has 0 unspecified atom stereocenters. The van der Waals surface area contributed by atoms with Crippen molar-refractivity contribution in [2.24, 2.45) is 4.99 Å². The first-order chi connectivity index (χ1) is 12.6. The molecule has 0 atom stereocenters. The summed E-state index contributed by atoms with van der Waals surface area (Å²) in [5.74, 6) is 1.56. The first kappa shape index (κ1) is 18.3. The van der Waals surface area contributed by atoms with Crippen molar-refractivity contribution in [3.8, 4) is 11.5 Å². The Bertz CT molecular complexity index is 824. The Balaban J connectivity index is 1.95. The zero-order valence-corrected chi connectivity index (χ0v) is 15.4. The van der Waals surface area contributed by atoms with Gasteiger partial charge in [-0.1, -0.05) is 11.8 Å². The highest BCUT2D eigenvalue weighted by Gasteiger charge is 2.25. The number of methoxy groups -OCH3 is 2. The number of thioether (sulfide) groups is 1. The number of hydrogen-bond acceptors (Lipinski definition) is 5. The molecular formula is C19H19FN2O3S. The fourth-order valence-corrected chi connectivity index (χ4v) is 3.53. The van der Waals surface area contributed by atoms with Gasteiger partial charge in [0, 0.05) is 23.9 Å². The summed E-state index contributed by atoms with van der Waals surface area (Å²) >= 11 is 1.51. The number of hydrogen-bond donors (Lipinski definition) is 0. The number of amides is 1. The quantitative estimate of drug-likeness (QED) is 0.808. The average molecular weight is 374 g/mol. The average Bonchev–Trinajstić information content (AvgIpc) is 2.68. The van der Waals surface area contributed by atoms with Gasteiger partial charge in [0.2, 0.25) is 0 Å². The molecule has 0 aromatic heterocycles. The van der Waals surface area contributed by atoms with Crippen LogP contribution in [0.1, 0.15) is 16.8 Å². The Morgan fingerprint density at radius 1 is 1.15 bits per heavy atom. The summed E-state index contributed by atoms with van der Waals surface area (Å²) < 4.78 is 23.7. The monoisotopic (exact) mass is 374 g/mol. The molecule has 1 aliphatic heterocycles. The zero-order valence-electron chi connectivity index (χ0n) is 14.6. The van der Waals surface area contributed by atoms with Gasteiger partial charge in [-0.2, -0.15) is 0 Å². The SMILES string of the molecule is COc1ccc(OC)c(N=C2SCCCN2C(=O)c2ccc(F)cc2)c1. The van der Waals surface area contributed by atoms with Gasteiger partial charge < -0.3 is 9.47 Å². The van der Waals surface area contributed by atoms with E-state index in [1.54, 1.807) is 37.3 Å². The fourth-order valence-electron chi connectivity index (χ4n) is 2.58. The molecule has 1 fully saturated rings. The summed E-state index contributed by atoms with van der Waals surface area (Å²) in [4.78, 5) is 19.1. The number of rotatable bonds is 4. The van der Waals surface area contributed by atoms with E-state index in [0.29, 0.717) is 34.5 Å². The van der Waals surface area contributed by atoms with Crippen LogP contribution in [-0.4, -0.2) is 42.5 Å². The molecule has 0 aliphatic carbocycles. The molecule has 1 aliphatic rings. The summed E-state index contributed by atoms with van der Waals surface area (Å²) in [5, 5.41) is 0.595. The van der Waals surface area contributed by atoms with Gasteiger partial charge in [-0.05, 0) is 42.8 Å². The van der Waals surface area contributed by atoms with E-state index >= 15 is 0 Å². The normalized spacial score (nSPS) is 15.8. The highest BCUT2D eigenvalue weighted by molar-refractivity contribution is 8.13. The number of aliphatic imine (C=N–C) groups is 1. The fraction of sp³-hybridized carbons (Fsp3) is 0.263. The first-order valence-corrected chi connectivity index (χ1v) is 9.12. The maximum Gasteiger partial charge on any atom is 0.259 e. The van der Waals surface area contributed by atoms with Gasteiger partial charge in [-0.25, -0.2) is 9.38 Å². The number of halogens is 1. The van der Waals surface area contributed by atoms with Crippen LogP contribution in [0.4, 0.5) is 10.1 Å². The maximum absolute atomic E-state index is 13.1. The second-order valence-electron chi connectivity index (χ2n) is 5.60. The zero-order chi connectivity index (χ0) is 18.5. The van der Waals surface area contributed by atoms with E-state index in [1.807, 2.05) is 0 Å². The molecule has 1 heterocycles. The number of amidine groups is 1. The van der Waals surface area contributed by atoms with E-state index < -0.39 is 0 Å². The van der Waals surface area contributed by atoms with Crippen molar-refractivity contribution < 1.29 is 18.7 Å². The second kappa shape index (κ2) is 8.23. The molecule has 136 valence electrons. The van der Waals surface area contributed by atoms with Crippen molar-refractivity contribution in [1.29, 1.82) is 0 Å². The maximum atomic E-state index is 13.1. The van der Waals surface area contributed by atoms with Crippen LogP contribution < -0.4 is 9.47 Å². The minimum Gasteiger partial charge on any atom is -0.497 e. The molecule has 5 nitrogen and oxygen atoms in total. The van der Waals surface area contributed by atoms with Crippen LogP contribution >= 0.6 is 11.8 Å². The van der Waals surface area contributed by atoms with Crippen LogP contribution in [0.3, 0.4) is 0 Å². The standard InChI is InChI=1S/C19H19FN2O3S/c1-24-15-8-9-17(25-2)16(12-15)21-19-22(10-3-11-26-19)18(23)13-4-6-14(20)7-5-13/h4-9,12H,3,10-11H2,1-2H3. The highest BCUT2D eigenvalue weighted by atomic mass is 32.2. The Kier molecular flexibility index (Phi) is 5.78. The highest BCUT2D eigenvalue weighted by Crippen LogP contribution is 2.34. The predicted molar refractivity (Wildman–Crippen MR) is 101 cm³/mol. The summed E-state index contributed by atoms with van der Waals surface area (Å²) in [6, 6.07) is 10.9. The Morgan fingerprint density at radius 3 is 2.62 bits per heavy atom. The van der Waals surface area contributed by atoms with Crippen LogP contribution in [-0.2, 0) is 0 Å². The van der Waals surface area contributed by atoms with E-state index in [9.17, 15) is 9.18 Å². The van der Waals surface area contributed by atoms with Gasteiger partial charge in [-0.3, -0.25) is 9.69 Å². The van der Waals surface area contributed by atoms with Gasteiger partial charge in [0.1, 0.15) is 23.0 Å². The van der Waals surface area contributed by atoms with Crippen LogP contribution in [0, 0.1) is 5.82 Å². The summed E-state index contributed by atoms with van der Waals surface area (Å²) in [6.07, 6.45) is 0.867. The molecule has 1 saturated heterocycles. The van der Waals surface area contributed by atoms with E-state index in [1.165, 1.54) is 36.0 Å². The smallest absolute Gasteiger partial charge is 0.259 e.